The molecule has 0 aliphatic carbocycles. The highest BCUT2D eigenvalue weighted by Crippen LogP contribution is 2.30. The molecule has 0 spiro atoms. The first-order valence-corrected chi connectivity index (χ1v) is 11.1. The Morgan fingerprint density at radius 1 is 1.03 bits per heavy atom. The van der Waals surface area contributed by atoms with Crippen LogP contribution in [-0.4, -0.2) is 63.3 Å². The Balaban J connectivity index is 1.28. The number of benzene rings is 1. The summed E-state index contributed by atoms with van der Waals surface area (Å²) in [5.41, 5.74) is 5.12. The van der Waals surface area contributed by atoms with E-state index in [-0.39, 0.29) is 6.10 Å². The van der Waals surface area contributed by atoms with E-state index in [1.807, 2.05) is 10.9 Å². The third kappa shape index (κ3) is 4.64. The predicted molar refractivity (Wildman–Crippen MR) is 116 cm³/mol. The van der Waals surface area contributed by atoms with Gasteiger partial charge >= 0.3 is 0 Å². The fraction of sp³-hybridized carbons (Fsp3) is 0.652. The summed E-state index contributed by atoms with van der Waals surface area (Å²) >= 11 is 0. The zero-order chi connectivity index (χ0) is 20.4. The zero-order valence-electron chi connectivity index (χ0n) is 18.1. The van der Waals surface area contributed by atoms with Gasteiger partial charge in [0.2, 0.25) is 0 Å². The minimum absolute atomic E-state index is 0.364. The van der Waals surface area contributed by atoms with Crippen molar-refractivity contribution in [3.63, 3.8) is 0 Å². The Bertz CT molecular complexity index is 801. The van der Waals surface area contributed by atoms with E-state index < -0.39 is 0 Å². The van der Waals surface area contributed by atoms with Crippen LogP contribution in [0, 0.1) is 13.8 Å². The van der Waals surface area contributed by atoms with Gasteiger partial charge in [0.05, 0.1) is 17.8 Å². The lowest BCUT2D eigenvalue weighted by Crippen LogP contribution is -2.48. The number of aliphatic hydroxyl groups excluding tert-OH is 1. The highest BCUT2D eigenvalue weighted by Gasteiger charge is 2.29. The molecule has 1 N–H and O–H groups in total. The van der Waals surface area contributed by atoms with Crippen LogP contribution in [0.1, 0.15) is 55.5 Å². The number of piperidine rings is 2. The van der Waals surface area contributed by atoms with Crippen molar-refractivity contribution >= 4 is 5.69 Å². The summed E-state index contributed by atoms with van der Waals surface area (Å²) in [5, 5.41) is 18.1. The third-order valence-corrected chi connectivity index (χ3v) is 6.83. The van der Waals surface area contributed by atoms with Gasteiger partial charge in [0, 0.05) is 50.5 Å². The minimum Gasteiger partial charge on any atom is -0.393 e. The van der Waals surface area contributed by atoms with Crippen LogP contribution in [0.2, 0.25) is 0 Å². The van der Waals surface area contributed by atoms with Crippen LogP contribution in [0.3, 0.4) is 0 Å². The predicted octanol–water partition coefficient (Wildman–Crippen LogP) is 3.12. The molecule has 2 aliphatic rings. The van der Waals surface area contributed by atoms with E-state index in [9.17, 15) is 5.11 Å². The summed E-state index contributed by atoms with van der Waals surface area (Å²) in [7, 11) is 0. The summed E-state index contributed by atoms with van der Waals surface area (Å²) in [6, 6.07) is 7.82. The maximum atomic E-state index is 9.54. The van der Waals surface area contributed by atoms with E-state index in [1.54, 1.807) is 6.92 Å². The van der Waals surface area contributed by atoms with Crippen molar-refractivity contribution in [3.05, 3.63) is 41.2 Å². The molecule has 0 saturated carbocycles. The summed E-state index contributed by atoms with van der Waals surface area (Å²) < 4.78 is 2.03. The molecule has 4 rings (SSSR count). The lowest BCUT2D eigenvalue weighted by atomic mass is 9.97. The van der Waals surface area contributed by atoms with E-state index in [2.05, 4.69) is 52.2 Å². The first-order chi connectivity index (χ1) is 14.0. The van der Waals surface area contributed by atoms with Crippen molar-refractivity contribution in [2.24, 2.45) is 0 Å². The number of aryl methyl sites for hydroxylation is 1. The molecule has 0 radical (unpaired) electrons. The van der Waals surface area contributed by atoms with Gasteiger partial charge < -0.3 is 14.9 Å². The van der Waals surface area contributed by atoms with E-state index in [4.69, 9.17) is 0 Å². The molecule has 1 atom stereocenters. The van der Waals surface area contributed by atoms with Crippen LogP contribution in [0.5, 0.6) is 0 Å². The van der Waals surface area contributed by atoms with E-state index in [1.165, 1.54) is 29.7 Å². The molecule has 0 bridgehead atoms. The van der Waals surface area contributed by atoms with Crippen LogP contribution >= 0.6 is 0 Å². The minimum atomic E-state index is -0.364. The lowest BCUT2D eigenvalue weighted by Gasteiger charge is -2.42. The van der Waals surface area contributed by atoms with Crippen LogP contribution in [0.15, 0.2) is 24.4 Å². The smallest absolute Gasteiger partial charge is 0.0852 e. The molecule has 0 amide bonds. The van der Waals surface area contributed by atoms with Gasteiger partial charge in [0.1, 0.15) is 0 Å². The molecular weight excluding hydrogens is 362 g/mol. The van der Waals surface area contributed by atoms with Gasteiger partial charge in [-0.15, -0.1) is 5.10 Å². The standard InChI is InChI=1S/C23H35N5O/c1-17-5-4-6-23(19(17)3)27-13-7-21(8-14-27)26-11-9-22(10-12-26)28-16-20(24-25-28)15-18(2)29/h4-6,16,18,21-22,29H,7-15H2,1-3H3. The van der Waals surface area contributed by atoms with Gasteiger partial charge in [0.25, 0.3) is 0 Å². The van der Waals surface area contributed by atoms with Crippen molar-refractivity contribution in [2.75, 3.05) is 31.1 Å². The molecule has 1 unspecified atom stereocenters. The molecule has 6 heteroatoms. The number of aliphatic hydroxyl groups is 1. The van der Waals surface area contributed by atoms with Crippen LogP contribution < -0.4 is 4.90 Å². The average Bonchev–Trinajstić information content (AvgIpc) is 3.18. The number of likely N-dealkylation sites (tertiary alicyclic amines) is 1. The van der Waals surface area contributed by atoms with Crippen molar-refractivity contribution in [1.29, 1.82) is 0 Å². The fourth-order valence-electron chi connectivity index (χ4n) is 4.95. The molecule has 29 heavy (non-hydrogen) atoms. The third-order valence-electron chi connectivity index (χ3n) is 6.83. The molecule has 158 valence electrons. The second-order valence-corrected chi connectivity index (χ2v) is 8.95. The Hall–Kier alpha value is -1.92. The van der Waals surface area contributed by atoms with Crippen molar-refractivity contribution in [1.82, 2.24) is 19.9 Å². The normalized spacial score (nSPS) is 20.9. The number of hydrogen-bond donors (Lipinski definition) is 1. The first kappa shape index (κ1) is 20.4. The number of aromatic nitrogens is 3. The number of anilines is 1. The van der Waals surface area contributed by atoms with Crippen LogP contribution in [-0.2, 0) is 6.42 Å². The van der Waals surface area contributed by atoms with Gasteiger partial charge in [-0.1, -0.05) is 17.3 Å². The topological polar surface area (TPSA) is 57.4 Å². The Labute approximate surface area is 174 Å². The SMILES string of the molecule is Cc1cccc(N2CCC(N3CCC(n4cc(CC(C)O)nn4)CC3)CC2)c1C. The molecule has 3 heterocycles. The van der Waals surface area contributed by atoms with Gasteiger partial charge in [-0.05, 0) is 63.6 Å². The number of rotatable bonds is 5. The maximum Gasteiger partial charge on any atom is 0.0852 e. The molecule has 6 nitrogen and oxygen atoms in total. The number of nitrogens with zero attached hydrogens (tertiary/aromatic N) is 5. The molecular formula is C23H35N5O. The van der Waals surface area contributed by atoms with Crippen LogP contribution in [0.25, 0.3) is 0 Å². The van der Waals surface area contributed by atoms with E-state index >= 15 is 0 Å². The van der Waals surface area contributed by atoms with Crippen molar-refractivity contribution < 1.29 is 5.11 Å². The van der Waals surface area contributed by atoms with E-state index in [0.29, 0.717) is 18.5 Å². The largest absolute Gasteiger partial charge is 0.393 e. The first-order valence-electron chi connectivity index (χ1n) is 11.1. The summed E-state index contributed by atoms with van der Waals surface area (Å²) in [6.45, 7) is 10.8. The van der Waals surface area contributed by atoms with Crippen LogP contribution in [0.4, 0.5) is 5.69 Å². The fourth-order valence-corrected chi connectivity index (χ4v) is 4.95. The second-order valence-electron chi connectivity index (χ2n) is 8.95. The molecule has 1 aromatic carbocycles. The van der Waals surface area contributed by atoms with Gasteiger partial charge in [0.15, 0.2) is 0 Å². The maximum absolute atomic E-state index is 9.54. The Morgan fingerprint density at radius 3 is 2.41 bits per heavy atom. The van der Waals surface area contributed by atoms with Gasteiger partial charge in [-0.2, -0.15) is 0 Å². The highest BCUT2D eigenvalue weighted by molar-refractivity contribution is 5.56. The average molecular weight is 398 g/mol. The van der Waals surface area contributed by atoms with Crippen molar-refractivity contribution in [2.45, 2.75) is 71.1 Å². The Kier molecular flexibility index (Phi) is 6.20. The van der Waals surface area contributed by atoms with Crippen molar-refractivity contribution in [3.8, 4) is 0 Å². The number of hydrogen-bond acceptors (Lipinski definition) is 5. The second kappa shape index (κ2) is 8.84. The molecule has 2 saturated heterocycles. The molecule has 2 aliphatic heterocycles. The van der Waals surface area contributed by atoms with Gasteiger partial charge in [-0.3, -0.25) is 0 Å². The highest BCUT2D eigenvalue weighted by atomic mass is 16.3. The molecule has 2 aromatic rings. The monoisotopic (exact) mass is 397 g/mol. The summed E-state index contributed by atoms with van der Waals surface area (Å²) in [5.74, 6) is 0. The lowest BCUT2D eigenvalue weighted by molar-refractivity contribution is 0.113. The zero-order valence-corrected chi connectivity index (χ0v) is 18.1. The molecule has 2 fully saturated rings. The summed E-state index contributed by atoms with van der Waals surface area (Å²) in [6.07, 6.45) is 7.01. The summed E-state index contributed by atoms with van der Waals surface area (Å²) in [4.78, 5) is 5.27. The Morgan fingerprint density at radius 2 is 1.72 bits per heavy atom. The van der Waals surface area contributed by atoms with E-state index in [0.717, 1.165) is 44.7 Å². The quantitative estimate of drug-likeness (QED) is 0.840. The molecule has 1 aromatic heterocycles. The van der Waals surface area contributed by atoms with Gasteiger partial charge in [-0.25, -0.2) is 4.68 Å².